The highest BCUT2D eigenvalue weighted by molar-refractivity contribution is 5.95. The molecule has 5 heteroatoms. The van der Waals surface area contributed by atoms with Gasteiger partial charge in [-0.3, -0.25) is 4.79 Å². The molecule has 1 rings (SSSR count). The molecule has 4 N–H and O–H groups in total. The fourth-order valence-corrected chi connectivity index (χ4v) is 1.94. The van der Waals surface area contributed by atoms with E-state index in [0.29, 0.717) is 23.5 Å². The van der Waals surface area contributed by atoms with Crippen LogP contribution in [0.5, 0.6) is 5.75 Å². The number of amides is 1. The van der Waals surface area contributed by atoms with E-state index in [0.717, 1.165) is 12.8 Å². The number of nitrogens with one attached hydrogen (secondary N) is 1. The van der Waals surface area contributed by atoms with Crippen LogP contribution in [0.15, 0.2) is 18.2 Å². The Labute approximate surface area is 120 Å². The highest BCUT2D eigenvalue weighted by Gasteiger charge is 2.19. The zero-order valence-corrected chi connectivity index (χ0v) is 12.4. The van der Waals surface area contributed by atoms with Crippen molar-refractivity contribution < 1.29 is 14.6 Å². The lowest BCUT2D eigenvalue weighted by molar-refractivity contribution is 0.0933. The van der Waals surface area contributed by atoms with Crippen molar-refractivity contribution in [2.45, 2.75) is 26.7 Å². The lowest BCUT2D eigenvalue weighted by atomic mass is 9.88. The zero-order valence-electron chi connectivity index (χ0n) is 12.4. The lowest BCUT2D eigenvalue weighted by Gasteiger charge is -2.24. The smallest absolute Gasteiger partial charge is 0.251 e. The first-order chi connectivity index (χ1) is 9.39. The van der Waals surface area contributed by atoms with Gasteiger partial charge in [0.2, 0.25) is 0 Å². The van der Waals surface area contributed by atoms with Crippen LogP contribution in [0.3, 0.4) is 0 Å². The number of ether oxygens (including phenoxy) is 1. The zero-order chi connectivity index (χ0) is 15.2. The third-order valence-electron chi connectivity index (χ3n) is 3.23. The minimum atomic E-state index is -0.156. The summed E-state index contributed by atoms with van der Waals surface area (Å²) in [4.78, 5) is 12.1. The topological polar surface area (TPSA) is 84.6 Å². The molecule has 5 nitrogen and oxygen atoms in total. The molecule has 0 saturated carbocycles. The summed E-state index contributed by atoms with van der Waals surface area (Å²) in [6.07, 6.45) is 1.59. The number of rotatable bonds is 7. The number of methoxy groups -OCH3 is 1. The van der Waals surface area contributed by atoms with Gasteiger partial charge in [0.05, 0.1) is 12.8 Å². The Morgan fingerprint density at radius 3 is 2.70 bits per heavy atom. The summed E-state index contributed by atoms with van der Waals surface area (Å²) in [7, 11) is 1.54. The molecule has 0 bridgehead atoms. The Bertz CT molecular complexity index is 458. The predicted molar refractivity (Wildman–Crippen MR) is 79.8 cm³/mol. The standard InChI is InChI=1S/C15H24N2O3/c1-15(2,7-4-8-18)10-17-14(19)11-5-6-13(20-3)12(16)9-11/h5-6,9,18H,4,7-8,10,16H2,1-3H3,(H,17,19). The number of nitrogen functional groups attached to an aromatic ring is 1. The Morgan fingerprint density at radius 2 is 2.15 bits per heavy atom. The maximum absolute atomic E-state index is 12.1. The van der Waals surface area contributed by atoms with E-state index in [2.05, 4.69) is 19.2 Å². The van der Waals surface area contributed by atoms with E-state index < -0.39 is 0 Å². The average molecular weight is 280 g/mol. The van der Waals surface area contributed by atoms with E-state index in [4.69, 9.17) is 15.6 Å². The van der Waals surface area contributed by atoms with Gasteiger partial charge in [-0.05, 0) is 36.5 Å². The summed E-state index contributed by atoms with van der Waals surface area (Å²) in [6.45, 7) is 4.85. The van der Waals surface area contributed by atoms with E-state index in [1.54, 1.807) is 18.2 Å². The van der Waals surface area contributed by atoms with E-state index in [1.165, 1.54) is 7.11 Å². The summed E-state index contributed by atoms with van der Waals surface area (Å²) < 4.78 is 5.06. The van der Waals surface area contributed by atoms with Gasteiger partial charge in [-0.25, -0.2) is 0 Å². The number of hydrogen-bond acceptors (Lipinski definition) is 4. The maximum Gasteiger partial charge on any atom is 0.251 e. The van der Waals surface area contributed by atoms with Crippen molar-refractivity contribution in [3.8, 4) is 5.75 Å². The molecule has 0 saturated heterocycles. The second-order valence-corrected chi connectivity index (χ2v) is 5.63. The molecule has 1 aromatic rings. The summed E-state index contributed by atoms with van der Waals surface area (Å²) in [5, 5.41) is 11.7. The SMILES string of the molecule is COc1ccc(C(=O)NCC(C)(C)CCCO)cc1N. The number of anilines is 1. The van der Waals surface area contributed by atoms with Crippen molar-refractivity contribution in [1.29, 1.82) is 0 Å². The molecule has 0 aliphatic heterocycles. The van der Waals surface area contributed by atoms with Gasteiger partial charge in [-0.15, -0.1) is 0 Å². The monoisotopic (exact) mass is 280 g/mol. The molecule has 0 fully saturated rings. The molecule has 1 amide bonds. The van der Waals surface area contributed by atoms with Gasteiger partial charge in [0, 0.05) is 18.7 Å². The van der Waals surface area contributed by atoms with Gasteiger partial charge in [0.1, 0.15) is 5.75 Å². The van der Waals surface area contributed by atoms with Gasteiger partial charge in [-0.2, -0.15) is 0 Å². The summed E-state index contributed by atoms with van der Waals surface area (Å²) >= 11 is 0. The molecule has 0 heterocycles. The van der Waals surface area contributed by atoms with Crippen LogP contribution in [-0.2, 0) is 0 Å². The van der Waals surface area contributed by atoms with Crippen LogP contribution in [0, 0.1) is 5.41 Å². The van der Waals surface area contributed by atoms with Crippen molar-refractivity contribution in [2.75, 3.05) is 26.0 Å². The Morgan fingerprint density at radius 1 is 1.45 bits per heavy atom. The number of aliphatic hydroxyl groups excluding tert-OH is 1. The highest BCUT2D eigenvalue weighted by Crippen LogP contribution is 2.23. The summed E-state index contributed by atoms with van der Waals surface area (Å²) in [6, 6.07) is 4.97. The van der Waals surface area contributed by atoms with Gasteiger partial charge in [-0.1, -0.05) is 13.8 Å². The lowest BCUT2D eigenvalue weighted by Crippen LogP contribution is -2.34. The first-order valence-electron chi connectivity index (χ1n) is 6.72. The summed E-state index contributed by atoms with van der Waals surface area (Å²) in [5.41, 5.74) is 6.70. The average Bonchev–Trinajstić information content (AvgIpc) is 2.42. The van der Waals surface area contributed by atoms with Crippen LogP contribution in [0.4, 0.5) is 5.69 Å². The predicted octanol–water partition coefficient (Wildman–Crippen LogP) is 1.81. The molecule has 20 heavy (non-hydrogen) atoms. The van der Waals surface area contributed by atoms with Gasteiger partial charge < -0.3 is 20.9 Å². The molecule has 0 spiro atoms. The Hall–Kier alpha value is -1.75. The number of nitrogens with two attached hydrogens (primary N) is 1. The van der Waals surface area contributed by atoms with Crippen LogP contribution in [0.2, 0.25) is 0 Å². The quantitative estimate of drug-likeness (QED) is 0.665. The molecule has 0 radical (unpaired) electrons. The Balaban J connectivity index is 2.61. The van der Waals surface area contributed by atoms with E-state index in [1.807, 2.05) is 0 Å². The third kappa shape index (κ3) is 4.74. The van der Waals surface area contributed by atoms with Crippen molar-refractivity contribution in [3.05, 3.63) is 23.8 Å². The van der Waals surface area contributed by atoms with Crippen LogP contribution in [0.1, 0.15) is 37.0 Å². The van der Waals surface area contributed by atoms with E-state index in [9.17, 15) is 4.79 Å². The van der Waals surface area contributed by atoms with Gasteiger partial charge >= 0.3 is 0 Å². The minimum absolute atomic E-state index is 0.0452. The number of aliphatic hydroxyl groups is 1. The Kier molecular flexibility index (Phi) is 5.82. The summed E-state index contributed by atoms with van der Waals surface area (Å²) in [5.74, 6) is 0.404. The largest absolute Gasteiger partial charge is 0.495 e. The number of hydrogen-bond donors (Lipinski definition) is 3. The van der Waals surface area contributed by atoms with Crippen molar-refractivity contribution >= 4 is 11.6 Å². The molecule has 1 aromatic carbocycles. The number of carbonyl (C=O) groups excluding carboxylic acids is 1. The fraction of sp³-hybridized carbons (Fsp3) is 0.533. The molecule has 0 aromatic heterocycles. The van der Waals surface area contributed by atoms with Gasteiger partial charge in [0.15, 0.2) is 0 Å². The molecular weight excluding hydrogens is 256 g/mol. The van der Waals surface area contributed by atoms with Crippen LogP contribution >= 0.6 is 0 Å². The molecule has 0 unspecified atom stereocenters. The third-order valence-corrected chi connectivity index (χ3v) is 3.23. The first kappa shape index (κ1) is 16.3. The molecule has 0 aliphatic carbocycles. The van der Waals surface area contributed by atoms with Crippen molar-refractivity contribution in [2.24, 2.45) is 5.41 Å². The van der Waals surface area contributed by atoms with E-state index in [-0.39, 0.29) is 17.9 Å². The highest BCUT2D eigenvalue weighted by atomic mass is 16.5. The number of carbonyl (C=O) groups is 1. The second-order valence-electron chi connectivity index (χ2n) is 5.63. The second kappa shape index (κ2) is 7.14. The van der Waals surface area contributed by atoms with E-state index >= 15 is 0 Å². The van der Waals surface area contributed by atoms with Gasteiger partial charge in [0.25, 0.3) is 5.91 Å². The molecule has 0 atom stereocenters. The minimum Gasteiger partial charge on any atom is -0.495 e. The maximum atomic E-state index is 12.1. The number of benzene rings is 1. The molecular formula is C15H24N2O3. The van der Waals surface area contributed by atoms with Crippen molar-refractivity contribution in [1.82, 2.24) is 5.32 Å². The first-order valence-corrected chi connectivity index (χ1v) is 6.72. The normalized spacial score (nSPS) is 11.2. The molecule has 112 valence electrons. The fourth-order valence-electron chi connectivity index (χ4n) is 1.94. The van der Waals surface area contributed by atoms with Crippen LogP contribution in [-0.4, -0.2) is 31.3 Å². The van der Waals surface area contributed by atoms with Crippen molar-refractivity contribution in [3.63, 3.8) is 0 Å². The molecule has 0 aliphatic rings. The van der Waals surface area contributed by atoms with Crippen LogP contribution < -0.4 is 15.8 Å². The van der Waals surface area contributed by atoms with Crippen LogP contribution in [0.25, 0.3) is 0 Å².